The summed E-state index contributed by atoms with van der Waals surface area (Å²) in [6.45, 7) is 6.40. The van der Waals surface area contributed by atoms with Crippen molar-refractivity contribution in [3.63, 3.8) is 0 Å². The van der Waals surface area contributed by atoms with Crippen LogP contribution in [0.3, 0.4) is 0 Å². The van der Waals surface area contributed by atoms with Crippen molar-refractivity contribution in [3.8, 4) is 0 Å². The molecular formula is C13H16N2O5. The Hall–Kier alpha value is -2.57. The van der Waals surface area contributed by atoms with E-state index in [0.717, 1.165) is 0 Å². The van der Waals surface area contributed by atoms with Crippen molar-refractivity contribution in [2.75, 3.05) is 13.2 Å². The molecule has 0 unspecified atom stereocenters. The second-order valence-corrected chi connectivity index (χ2v) is 3.95. The van der Waals surface area contributed by atoms with Crippen LogP contribution in [-0.4, -0.2) is 31.1 Å². The zero-order valence-corrected chi connectivity index (χ0v) is 11.3. The van der Waals surface area contributed by atoms with Crippen LogP contribution >= 0.6 is 0 Å². The van der Waals surface area contributed by atoms with Crippen LogP contribution in [0, 0.1) is 13.8 Å². The van der Waals surface area contributed by atoms with Crippen molar-refractivity contribution in [2.45, 2.75) is 13.8 Å². The first-order valence-corrected chi connectivity index (χ1v) is 5.86. The Kier molecular flexibility index (Phi) is 5.52. The van der Waals surface area contributed by atoms with Crippen LogP contribution in [0.5, 0.6) is 0 Å². The molecule has 0 aliphatic carbocycles. The number of rotatable bonds is 5. The van der Waals surface area contributed by atoms with E-state index in [0.29, 0.717) is 11.5 Å². The lowest BCUT2D eigenvalue weighted by molar-refractivity contribution is -0.123. The second-order valence-electron chi connectivity index (χ2n) is 3.95. The summed E-state index contributed by atoms with van der Waals surface area (Å²) < 4.78 is 9.95. The van der Waals surface area contributed by atoms with Crippen molar-refractivity contribution in [1.29, 1.82) is 0 Å². The van der Waals surface area contributed by atoms with E-state index in [9.17, 15) is 14.4 Å². The quantitative estimate of drug-likeness (QED) is 0.621. The highest BCUT2D eigenvalue weighted by Crippen LogP contribution is 2.14. The number of imide groups is 1. The molecule has 7 nitrogen and oxygen atoms in total. The zero-order chi connectivity index (χ0) is 15.1. The summed E-state index contributed by atoms with van der Waals surface area (Å²) in [6, 6.07) is 0.841. The summed E-state index contributed by atoms with van der Waals surface area (Å²) in [4.78, 5) is 34.1. The van der Waals surface area contributed by atoms with Gasteiger partial charge in [-0.15, -0.1) is 6.58 Å². The summed E-state index contributed by atoms with van der Waals surface area (Å²) in [7, 11) is 0. The predicted molar refractivity (Wildman–Crippen MR) is 70.2 cm³/mol. The predicted octanol–water partition coefficient (Wildman–Crippen LogP) is 1.07. The smallest absolute Gasteiger partial charge is 0.342 e. The summed E-state index contributed by atoms with van der Waals surface area (Å²) in [5.41, 5.74) is 0.256. The van der Waals surface area contributed by atoms with Gasteiger partial charge in [0.25, 0.3) is 5.91 Å². The molecular weight excluding hydrogens is 264 g/mol. The number of hydrogen-bond acceptors (Lipinski definition) is 5. The summed E-state index contributed by atoms with van der Waals surface area (Å²) in [5, 5.41) is 4.35. The lowest BCUT2D eigenvalue weighted by Crippen LogP contribution is -2.41. The molecule has 108 valence electrons. The lowest BCUT2D eigenvalue weighted by Gasteiger charge is -2.05. The maximum absolute atomic E-state index is 11.7. The van der Waals surface area contributed by atoms with Crippen LogP contribution in [-0.2, 0) is 9.53 Å². The zero-order valence-electron chi connectivity index (χ0n) is 11.3. The molecule has 0 fully saturated rings. The highest BCUT2D eigenvalue weighted by molar-refractivity contribution is 5.97. The number of esters is 1. The Morgan fingerprint density at radius 1 is 1.40 bits per heavy atom. The Bertz CT molecular complexity index is 533. The monoisotopic (exact) mass is 280 g/mol. The molecule has 1 rings (SSSR count). The van der Waals surface area contributed by atoms with E-state index in [2.05, 4.69) is 11.9 Å². The van der Waals surface area contributed by atoms with E-state index < -0.39 is 24.5 Å². The number of aryl methyl sites for hydroxylation is 2. The van der Waals surface area contributed by atoms with Gasteiger partial charge in [-0.05, 0) is 19.9 Å². The van der Waals surface area contributed by atoms with Gasteiger partial charge in [-0.3, -0.25) is 10.1 Å². The number of furan rings is 1. The summed E-state index contributed by atoms with van der Waals surface area (Å²) in [5.74, 6) is -0.418. The molecule has 20 heavy (non-hydrogen) atoms. The Balaban J connectivity index is 2.41. The second kappa shape index (κ2) is 7.13. The third kappa shape index (κ3) is 4.60. The molecule has 1 aromatic heterocycles. The van der Waals surface area contributed by atoms with Crippen LogP contribution in [0.25, 0.3) is 0 Å². The fraction of sp³-hybridized carbons (Fsp3) is 0.308. The third-order valence-corrected chi connectivity index (χ3v) is 2.26. The molecule has 0 bridgehead atoms. The number of hydrogen-bond donors (Lipinski definition) is 2. The number of amides is 3. The van der Waals surface area contributed by atoms with Gasteiger partial charge in [-0.1, -0.05) is 6.08 Å². The van der Waals surface area contributed by atoms with Gasteiger partial charge in [-0.2, -0.15) is 0 Å². The standard InChI is InChI=1S/C13H16N2O5/c1-4-5-14-13(18)15-11(16)7-19-12(17)10-6-8(2)20-9(10)3/h4,6H,1,5,7H2,2-3H3,(H2,14,15,16,18). The van der Waals surface area contributed by atoms with Gasteiger partial charge in [0, 0.05) is 6.54 Å². The van der Waals surface area contributed by atoms with Crippen LogP contribution in [0.2, 0.25) is 0 Å². The molecule has 0 radical (unpaired) electrons. The van der Waals surface area contributed by atoms with Gasteiger partial charge < -0.3 is 14.5 Å². The average Bonchev–Trinajstić information content (AvgIpc) is 2.72. The minimum Gasteiger partial charge on any atom is -0.466 e. The fourth-order valence-electron chi connectivity index (χ4n) is 1.41. The van der Waals surface area contributed by atoms with E-state index >= 15 is 0 Å². The fourth-order valence-corrected chi connectivity index (χ4v) is 1.41. The number of nitrogens with one attached hydrogen (secondary N) is 2. The number of ether oxygens (including phenoxy) is 1. The maximum atomic E-state index is 11.7. The van der Waals surface area contributed by atoms with Crippen molar-refractivity contribution < 1.29 is 23.5 Å². The molecule has 0 atom stereocenters. The molecule has 0 aromatic carbocycles. The molecule has 0 aliphatic heterocycles. The Morgan fingerprint density at radius 3 is 2.65 bits per heavy atom. The van der Waals surface area contributed by atoms with E-state index in [1.807, 2.05) is 5.32 Å². The molecule has 3 amide bonds. The summed E-state index contributed by atoms with van der Waals surface area (Å²) in [6.07, 6.45) is 1.47. The molecule has 2 N–H and O–H groups in total. The first-order valence-electron chi connectivity index (χ1n) is 5.86. The van der Waals surface area contributed by atoms with Crippen molar-refractivity contribution >= 4 is 17.9 Å². The molecule has 0 aliphatic rings. The molecule has 7 heteroatoms. The van der Waals surface area contributed by atoms with E-state index in [1.165, 1.54) is 12.1 Å². The average molecular weight is 280 g/mol. The summed E-state index contributed by atoms with van der Waals surface area (Å²) >= 11 is 0. The topological polar surface area (TPSA) is 97.6 Å². The van der Waals surface area contributed by atoms with Crippen LogP contribution in [0.15, 0.2) is 23.1 Å². The van der Waals surface area contributed by atoms with Gasteiger partial charge in [0.05, 0.1) is 0 Å². The minimum absolute atomic E-state index is 0.229. The van der Waals surface area contributed by atoms with Crippen molar-refractivity contribution in [2.24, 2.45) is 0 Å². The van der Waals surface area contributed by atoms with Gasteiger partial charge in [0.15, 0.2) is 6.61 Å². The maximum Gasteiger partial charge on any atom is 0.342 e. The lowest BCUT2D eigenvalue weighted by atomic mass is 10.2. The molecule has 0 spiro atoms. The van der Waals surface area contributed by atoms with Crippen molar-refractivity contribution in [3.05, 3.63) is 35.8 Å². The van der Waals surface area contributed by atoms with Gasteiger partial charge >= 0.3 is 12.0 Å². The van der Waals surface area contributed by atoms with Crippen LogP contribution < -0.4 is 10.6 Å². The number of urea groups is 1. The number of carbonyl (C=O) groups is 3. The first kappa shape index (κ1) is 15.5. The Morgan fingerprint density at radius 2 is 2.10 bits per heavy atom. The highest BCUT2D eigenvalue weighted by atomic mass is 16.5. The van der Waals surface area contributed by atoms with Gasteiger partial charge in [-0.25, -0.2) is 9.59 Å². The van der Waals surface area contributed by atoms with Crippen LogP contribution in [0.1, 0.15) is 21.9 Å². The normalized spacial score (nSPS) is 9.70. The SMILES string of the molecule is C=CCNC(=O)NC(=O)COC(=O)c1cc(C)oc1C. The van der Waals surface area contributed by atoms with E-state index in [4.69, 9.17) is 9.15 Å². The van der Waals surface area contributed by atoms with Gasteiger partial charge in [0.1, 0.15) is 17.1 Å². The largest absolute Gasteiger partial charge is 0.466 e. The van der Waals surface area contributed by atoms with E-state index in [-0.39, 0.29) is 12.1 Å². The number of carbonyl (C=O) groups excluding carboxylic acids is 3. The van der Waals surface area contributed by atoms with E-state index in [1.54, 1.807) is 13.8 Å². The molecule has 0 saturated carbocycles. The highest BCUT2D eigenvalue weighted by Gasteiger charge is 2.16. The van der Waals surface area contributed by atoms with Gasteiger partial charge in [0.2, 0.25) is 0 Å². The third-order valence-electron chi connectivity index (χ3n) is 2.26. The van der Waals surface area contributed by atoms with Crippen molar-refractivity contribution in [1.82, 2.24) is 10.6 Å². The minimum atomic E-state index is -0.724. The Labute approximate surface area is 116 Å². The van der Waals surface area contributed by atoms with Crippen LogP contribution in [0.4, 0.5) is 4.79 Å². The first-order chi connectivity index (χ1) is 9.43. The molecule has 1 heterocycles. The molecule has 0 saturated heterocycles. The molecule has 1 aromatic rings.